The van der Waals surface area contributed by atoms with E-state index < -0.39 is 0 Å². The van der Waals surface area contributed by atoms with Gasteiger partial charge in [-0.25, -0.2) is 15.0 Å². The molecule has 4 aromatic rings. The molecule has 0 amide bonds. The molecular formula is C28H31ClN6OS. The lowest BCUT2D eigenvalue weighted by atomic mass is 9.85. The Labute approximate surface area is 226 Å². The average molecular weight is 535 g/mol. The first-order valence-electron chi connectivity index (χ1n) is 12.5. The first-order valence-corrected chi connectivity index (χ1v) is 14.1. The van der Waals surface area contributed by atoms with Crippen molar-refractivity contribution in [2.45, 2.75) is 50.4 Å². The molecule has 0 saturated heterocycles. The lowest BCUT2D eigenvalue weighted by molar-refractivity contribution is 0.184. The maximum Gasteiger partial charge on any atom is 0.260 e. The Morgan fingerprint density at radius 2 is 1.84 bits per heavy atom. The molecule has 0 aliphatic heterocycles. The molecule has 1 aliphatic rings. The van der Waals surface area contributed by atoms with Gasteiger partial charge in [-0.1, -0.05) is 35.5 Å². The summed E-state index contributed by atoms with van der Waals surface area (Å²) in [5.74, 6) is 0.429. The van der Waals surface area contributed by atoms with Crippen LogP contribution in [0.25, 0.3) is 33.4 Å². The summed E-state index contributed by atoms with van der Waals surface area (Å²) >= 11 is 8.25. The second-order valence-electron chi connectivity index (χ2n) is 9.99. The highest BCUT2D eigenvalue weighted by Crippen LogP contribution is 2.33. The fourth-order valence-electron chi connectivity index (χ4n) is 5.20. The molecule has 0 atom stereocenters. The van der Waals surface area contributed by atoms with Gasteiger partial charge in [0.1, 0.15) is 5.65 Å². The number of aromatic nitrogens is 5. The molecule has 5 rings (SSSR count). The number of fused-ring (bicyclic) bond motifs is 1. The summed E-state index contributed by atoms with van der Waals surface area (Å²) < 4.78 is 1.85. The van der Waals surface area contributed by atoms with Crippen molar-refractivity contribution in [2.24, 2.45) is 5.92 Å². The first-order chi connectivity index (χ1) is 17.8. The molecule has 1 saturated carbocycles. The molecule has 3 aromatic heterocycles. The second kappa shape index (κ2) is 10.9. The number of rotatable bonds is 6. The number of nitrogens with zero attached hydrogens (tertiary/aromatic N) is 6. The highest BCUT2D eigenvalue weighted by molar-refractivity contribution is 7.98. The van der Waals surface area contributed by atoms with Crippen molar-refractivity contribution < 1.29 is 0 Å². The van der Waals surface area contributed by atoms with E-state index in [0.717, 1.165) is 48.0 Å². The molecule has 0 unspecified atom stereocenters. The Bertz CT molecular complexity index is 1500. The van der Waals surface area contributed by atoms with Gasteiger partial charge in [0, 0.05) is 52.1 Å². The Morgan fingerprint density at radius 3 is 2.51 bits per heavy atom. The van der Waals surface area contributed by atoms with E-state index >= 15 is 0 Å². The van der Waals surface area contributed by atoms with E-state index in [9.17, 15) is 4.79 Å². The highest BCUT2D eigenvalue weighted by Gasteiger charge is 2.25. The van der Waals surface area contributed by atoms with Gasteiger partial charge in [0.05, 0.1) is 17.6 Å². The van der Waals surface area contributed by atoms with Crippen LogP contribution < -0.4 is 5.56 Å². The van der Waals surface area contributed by atoms with Gasteiger partial charge in [-0.05, 0) is 71.0 Å². The zero-order valence-corrected chi connectivity index (χ0v) is 23.2. The Hall–Kier alpha value is -2.81. The van der Waals surface area contributed by atoms with Crippen LogP contribution in [0.4, 0.5) is 0 Å². The highest BCUT2D eigenvalue weighted by atomic mass is 35.5. The van der Waals surface area contributed by atoms with Gasteiger partial charge in [-0.3, -0.25) is 14.3 Å². The van der Waals surface area contributed by atoms with Crippen LogP contribution in [-0.4, -0.2) is 55.8 Å². The predicted molar refractivity (Wildman–Crippen MR) is 151 cm³/mol. The van der Waals surface area contributed by atoms with Crippen LogP contribution in [0.5, 0.6) is 0 Å². The quantitative estimate of drug-likeness (QED) is 0.231. The molecule has 0 bridgehead atoms. The van der Waals surface area contributed by atoms with Crippen LogP contribution >= 0.6 is 23.4 Å². The number of aryl methyl sites for hydroxylation is 1. The van der Waals surface area contributed by atoms with E-state index in [1.54, 1.807) is 18.6 Å². The topological polar surface area (TPSA) is 76.8 Å². The zero-order valence-electron chi connectivity index (χ0n) is 21.6. The largest absolute Gasteiger partial charge is 0.306 e. The third kappa shape index (κ3) is 5.42. The number of benzene rings is 1. The van der Waals surface area contributed by atoms with Crippen molar-refractivity contribution in [2.75, 3.05) is 20.4 Å². The van der Waals surface area contributed by atoms with Gasteiger partial charge in [0.25, 0.3) is 5.56 Å². The van der Waals surface area contributed by atoms with Gasteiger partial charge >= 0.3 is 0 Å². The minimum Gasteiger partial charge on any atom is -0.306 e. The van der Waals surface area contributed by atoms with Crippen LogP contribution in [0.3, 0.4) is 0 Å². The molecule has 0 radical (unpaired) electrons. The number of thioether (sulfide) groups is 1. The minimum atomic E-state index is -0.0713. The summed E-state index contributed by atoms with van der Waals surface area (Å²) in [4.78, 5) is 34.3. The number of hydrogen-bond acceptors (Lipinski definition) is 7. The van der Waals surface area contributed by atoms with Crippen LogP contribution in [0.1, 0.15) is 31.4 Å². The van der Waals surface area contributed by atoms with Crippen LogP contribution in [0.2, 0.25) is 5.02 Å². The normalized spacial score (nSPS) is 18.0. The zero-order chi connectivity index (χ0) is 26.1. The lowest BCUT2D eigenvalue weighted by Gasteiger charge is -2.33. The average Bonchev–Trinajstić information content (AvgIpc) is 2.90. The molecule has 0 N–H and O–H groups in total. The van der Waals surface area contributed by atoms with Gasteiger partial charge in [0.2, 0.25) is 0 Å². The first kappa shape index (κ1) is 25.8. The maximum absolute atomic E-state index is 14.0. The van der Waals surface area contributed by atoms with E-state index in [-0.39, 0.29) is 5.56 Å². The predicted octanol–water partition coefficient (Wildman–Crippen LogP) is 5.72. The molecule has 1 aliphatic carbocycles. The van der Waals surface area contributed by atoms with E-state index in [1.807, 2.05) is 42.0 Å². The minimum absolute atomic E-state index is 0.0713. The maximum atomic E-state index is 14.0. The summed E-state index contributed by atoms with van der Waals surface area (Å²) in [6.45, 7) is 2.55. The Balaban J connectivity index is 1.57. The number of halogens is 1. The summed E-state index contributed by atoms with van der Waals surface area (Å²) in [5.41, 5.74) is 4.30. The third-order valence-corrected chi connectivity index (χ3v) is 8.16. The van der Waals surface area contributed by atoms with Crippen LogP contribution in [0, 0.1) is 12.8 Å². The smallest absolute Gasteiger partial charge is 0.260 e. The molecule has 7 nitrogen and oxygen atoms in total. The molecular weight excluding hydrogens is 504 g/mol. The number of hydrogen-bond donors (Lipinski definition) is 0. The monoisotopic (exact) mass is 534 g/mol. The summed E-state index contributed by atoms with van der Waals surface area (Å²) in [6.07, 6.45) is 11.7. The summed E-state index contributed by atoms with van der Waals surface area (Å²) in [5, 5.41) is 1.99. The molecule has 1 fully saturated rings. The second-order valence-corrected chi connectivity index (χ2v) is 11.2. The SMILES string of the molecule is CSc1ncc2cc(-c3ccc(-c4cncc(C)n4)cc3Cl)c(=O)n(CC3CCC(N(C)C)CC3)c2n1. The van der Waals surface area contributed by atoms with E-state index in [4.69, 9.17) is 16.6 Å². The van der Waals surface area contributed by atoms with Gasteiger partial charge in [-0.15, -0.1) is 0 Å². The van der Waals surface area contributed by atoms with Gasteiger partial charge < -0.3 is 4.90 Å². The molecule has 37 heavy (non-hydrogen) atoms. The molecule has 0 spiro atoms. The van der Waals surface area contributed by atoms with Crippen molar-refractivity contribution >= 4 is 34.4 Å². The van der Waals surface area contributed by atoms with Crippen molar-refractivity contribution in [3.05, 3.63) is 63.9 Å². The van der Waals surface area contributed by atoms with Crippen molar-refractivity contribution in [1.29, 1.82) is 0 Å². The van der Waals surface area contributed by atoms with Crippen molar-refractivity contribution in [1.82, 2.24) is 29.4 Å². The number of pyridine rings is 1. The summed E-state index contributed by atoms with van der Waals surface area (Å²) in [6, 6.07) is 8.16. The fraction of sp³-hybridized carbons (Fsp3) is 0.393. The van der Waals surface area contributed by atoms with E-state index in [0.29, 0.717) is 45.5 Å². The lowest BCUT2D eigenvalue weighted by Crippen LogP contribution is -2.34. The van der Waals surface area contributed by atoms with E-state index in [1.165, 1.54) is 11.8 Å². The Morgan fingerprint density at radius 1 is 1.05 bits per heavy atom. The molecule has 192 valence electrons. The van der Waals surface area contributed by atoms with Crippen LogP contribution in [0.15, 0.2) is 52.8 Å². The molecule has 1 aromatic carbocycles. The molecule has 3 heterocycles. The fourth-order valence-corrected chi connectivity index (χ4v) is 5.82. The van der Waals surface area contributed by atoms with Crippen molar-refractivity contribution in [3.63, 3.8) is 0 Å². The van der Waals surface area contributed by atoms with E-state index in [2.05, 4.69) is 33.9 Å². The Kier molecular flexibility index (Phi) is 7.60. The van der Waals surface area contributed by atoms with Crippen molar-refractivity contribution in [3.8, 4) is 22.4 Å². The van der Waals surface area contributed by atoms with Gasteiger partial charge in [0.15, 0.2) is 5.16 Å². The standard InChI is InChI=1S/C28H31ClN6OS/c1-17-13-30-15-25(32-17)19-7-10-22(24(29)12-19)23-11-20-14-31-28(37-4)33-26(20)35(27(23)36)16-18-5-8-21(9-6-18)34(2)3/h7,10-15,18,21H,5-6,8-9,16H2,1-4H3. The van der Waals surface area contributed by atoms with Crippen LogP contribution in [-0.2, 0) is 6.54 Å². The van der Waals surface area contributed by atoms with Gasteiger partial charge in [-0.2, -0.15) is 0 Å². The summed E-state index contributed by atoms with van der Waals surface area (Å²) in [7, 11) is 4.29. The third-order valence-electron chi connectivity index (χ3n) is 7.28. The molecule has 9 heteroatoms.